The summed E-state index contributed by atoms with van der Waals surface area (Å²) in [5, 5.41) is 11.3. The van der Waals surface area contributed by atoms with Crippen LogP contribution in [0, 0.1) is 0 Å². The zero-order chi connectivity index (χ0) is 21.5. The Morgan fingerprint density at radius 3 is 2.84 bits per heavy atom. The van der Waals surface area contributed by atoms with Crippen molar-refractivity contribution in [3.8, 4) is 0 Å². The summed E-state index contributed by atoms with van der Waals surface area (Å²) in [7, 11) is 1.60. The highest BCUT2D eigenvalue weighted by atomic mass is 16.1. The van der Waals surface area contributed by atoms with E-state index in [2.05, 4.69) is 35.3 Å². The molecule has 4 heterocycles. The Kier molecular flexibility index (Phi) is 4.90. The van der Waals surface area contributed by atoms with E-state index in [9.17, 15) is 9.59 Å². The zero-order valence-electron chi connectivity index (χ0n) is 17.6. The number of nitrogens with zero attached hydrogens (tertiary/aromatic N) is 5. The monoisotopic (exact) mass is 419 g/mol. The topological polar surface area (TPSA) is 107 Å². The van der Waals surface area contributed by atoms with E-state index >= 15 is 0 Å². The molecule has 3 aromatic heterocycles. The summed E-state index contributed by atoms with van der Waals surface area (Å²) in [6.07, 6.45) is 3.55. The molecule has 2 fully saturated rings. The van der Waals surface area contributed by atoms with Gasteiger partial charge in [0.25, 0.3) is 11.5 Å². The molecule has 9 heteroatoms. The number of hydrogen-bond acceptors (Lipinski definition) is 7. The fourth-order valence-electron chi connectivity index (χ4n) is 4.43. The third-order valence-corrected chi connectivity index (χ3v) is 6.23. The number of fused-ring (bicyclic) bond motifs is 2. The number of hydrogen-bond donors (Lipinski definition) is 2. The fraction of sp³-hybridized carbons (Fsp3) is 0.409. The van der Waals surface area contributed by atoms with E-state index in [1.165, 1.54) is 0 Å². The smallest absolute Gasteiger partial charge is 0.269 e. The number of H-pyrrole nitrogens is 1. The molecule has 160 valence electrons. The summed E-state index contributed by atoms with van der Waals surface area (Å²) in [4.78, 5) is 35.9. The van der Waals surface area contributed by atoms with E-state index in [0.717, 1.165) is 47.5 Å². The van der Waals surface area contributed by atoms with Crippen molar-refractivity contribution in [2.75, 3.05) is 25.0 Å². The van der Waals surface area contributed by atoms with Crippen LogP contribution >= 0.6 is 0 Å². The first kappa shape index (κ1) is 19.6. The molecule has 0 spiro atoms. The van der Waals surface area contributed by atoms with Gasteiger partial charge in [-0.1, -0.05) is 6.92 Å². The van der Waals surface area contributed by atoms with E-state index in [-0.39, 0.29) is 11.5 Å². The lowest BCUT2D eigenvalue weighted by atomic mass is 10.2. The molecule has 2 atom stereocenters. The van der Waals surface area contributed by atoms with Gasteiger partial charge in [0.1, 0.15) is 11.2 Å². The minimum Gasteiger partial charge on any atom is -0.364 e. The molecule has 5 rings (SSSR count). The molecule has 0 bridgehead atoms. The Morgan fingerprint density at radius 2 is 2.10 bits per heavy atom. The van der Waals surface area contributed by atoms with E-state index in [0.29, 0.717) is 30.7 Å². The average Bonchev–Trinajstić information content (AvgIpc) is 3.60. The number of aryl methyl sites for hydroxylation is 1. The van der Waals surface area contributed by atoms with Crippen LogP contribution < -0.4 is 15.8 Å². The highest BCUT2D eigenvalue weighted by Gasteiger charge is 2.49. The van der Waals surface area contributed by atoms with Crippen molar-refractivity contribution >= 4 is 22.6 Å². The Balaban J connectivity index is 1.27. The fourth-order valence-corrected chi connectivity index (χ4v) is 4.43. The molecule has 0 unspecified atom stereocenters. The highest BCUT2D eigenvalue weighted by Crippen LogP contribution is 2.39. The highest BCUT2D eigenvalue weighted by molar-refractivity contribution is 5.92. The molecule has 1 saturated carbocycles. The number of carbonyl (C=O) groups excluding carboxylic acids is 1. The molecule has 1 saturated heterocycles. The lowest BCUT2D eigenvalue weighted by Gasteiger charge is -2.35. The van der Waals surface area contributed by atoms with Crippen molar-refractivity contribution in [1.82, 2.24) is 30.4 Å². The number of aromatic amines is 1. The minimum absolute atomic E-state index is 0.0548. The number of piperazine rings is 1. The van der Waals surface area contributed by atoms with E-state index in [1.807, 2.05) is 25.1 Å². The van der Waals surface area contributed by atoms with Crippen molar-refractivity contribution < 1.29 is 4.79 Å². The number of pyridine rings is 2. The van der Waals surface area contributed by atoms with Gasteiger partial charge in [0.15, 0.2) is 0 Å². The summed E-state index contributed by atoms with van der Waals surface area (Å²) in [6.45, 7) is 4.46. The number of rotatable bonds is 5. The molecule has 1 aliphatic carbocycles. The second-order valence-corrected chi connectivity index (χ2v) is 8.13. The molecule has 1 amide bonds. The molecule has 3 aromatic rings. The molecule has 0 radical (unpaired) electrons. The molecular weight excluding hydrogens is 394 g/mol. The Bertz CT molecular complexity index is 1190. The minimum atomic E-state index is -0.176. The van der Waals surface area contributed by atoms with Crippen LogP contribution in [0.2, 0.25) is 0 Å². The predicted octanol–water partition coefficient (Wildman–Crippen LogP) is 1.10. The largest absolute Gasteiger partial charge is 0.364 e. The van der Waals surface area contributed by atoms with Crippen LogP contribution in [-0.4, -0.2) is 63.2 Å². The number of amides is 1. The van der Waals surface area contributed by atoms with E-state index in [4.69, 9.17) is 0 Å². The van der Waals surface area contributed by atoms with Crippen molar-refractivity contribution in [2.24, 2.45) is 0 Å². The van der Waals surface area contributed by atoms with Gasteiger partial charge >= 0.3 is 0 Å². The van der Waals surface area contributed by atoms with Crippen LogP contribution in [0.25, 0.3) is 11.0 Å². The summed E-state index contributed by atoms with van der Waals surface area (Å²) in [6, 6.07) is 8.41. The van der Waals surface area contributed by atoms with Gasteiger partial charge in [-0.15, -0.1) is 5.10 Å². The molecule has 1 aliphatic heterocycles. The third-order valence-electron chi connectivity index (χ3n) is 6.23. The first-order chi connectivity index (χ1) is 15.1. The van der Waals surface area contributed by atoms with Crippen molar-refractivity contribution in [1.29, 1.82) is 0 Å². The molecular formula is C22H25N7O2. The molecule has 0 aromatic carbocycles. The van der Waals surface area contributed by atoms with Crippen molar-refractivity contribution in [3.63, 3.8) is 0 Å². The average molecular weight is 419 g/mol. The van der Waals surface area contributed by atoms with Gasteiger partial charge in [0.05, 0.1) is 23.1 Å². The Morgan fingerprint density at radius 1 is 1.23 bits per heavy atom. The van der Waals surface area contributed by atoms with Gasteiger partial charge in [0.2, 0.25) is 0 Å². The second kappa shape index (κ2) is 7.73. The van der Waals surface area contributed by atoms with Gasteiger partial charge < -0.3 is 15.2 Å². The van der Waals surface area contributed by atoms with E-state index in [1.54, 1.807) is 19.3 Å². The summed E-state index contributed by atoms with van der Waals surface area (Å²) < 4.78 is 0. The Labute approximate surface area is 179 Å². The number of nitrogens with one attached hydrogen (secondary N) is 2. The van der Waals surface area contributed by atoms with E-state index < -0.39 is 0 Å². The lowest BCUT2D eigenvalue weighted by Crippen LogP contribution is -2.46. The van der Waals surface area contributed by atoms with Crippen molar-refractivity contribution in [3.05, 3.63) is 57.8 Å². The summed E-state index contributed by atoms with van der Waals surface area (Å²) in [5.41, 5.74) is 4.47. The normalized spacial score (nSPS) is 20.5. The third kappa shape index (κ3) is 3.65. The van der Waals surface area contributed by atoms with Crippen molar-refractivity contribution in [2.45, 2.75) is 38.4 Å². The van der Waals surface area contributed by atoms with Crippen LogP contribution in [0.1, 0.15) is 35.1 Å². The number of aromatic nitrogens is 4. The van der Waals surface area contributed by atoms with Gasteiger partial charge in [0, 0.05) is 44.3 Å². The standard InChI is InChI=1S/C22H25N7O2/c1-3-13-8-18-17(25-21(13)30)9-14(26-27-18)12-28-6-7-29(20-10-19(20)28)15-4-5-16(24-11-15)22(31)23-2/h4-5,8-9,11,19-20H,3,6-7,10,12H2,1-2H3,(H,23,31)(H,25,30)/t19-,20+/m1/s1. The SMILES string of the molecule is CCc1cc2nnc(CN3CCN(c4ccc(C(=O)NC)nc4)[C@H]4C[C@H]43)cc2[nH]c1=O. The quantitative estimate of drug-likeness (QED) is 0.638. The first-order valence-corrected chi connectivity index (χ1v) is 10.6. The van der Waals surface area contributed by atoms with Gasteiger partial charge in [-0.25, -0.2) is 4.98 Å². The van der Waals surface area contributed by atoms with Crippen LogP contribution in [0.15, 0.2) is 35.3 Å². The zero-order valence-corrected chi connectivity index (χ0v) is 17.6. The predicted molar refractivity (Wildman–Crippen MR) is 117 cm³/mol. The molecule has 2 aliphatic rings. The molecule has 9 nitrogen and oxygen atoms in total. The maximum absolute atomic E-state index is 12.1. The second-order valence-electron chi connectivity index (χ2n) is 8.13. The number of carbonyl (C=O) groups is 1. The maximum Gasteiger partial charge on any atom is 0.269 e. The van der Waals surface area contributed by atoms with Gasteiger partial charge in [-0.05, 0) is 37.1 Å². The molecule has 2 N–H and O–H groups in total. The first-order valence-electron chi connectivity index (χ1n) is 10.6. The summed E-state index contributed by atoms with van der Waals surface area (Å²) >= 11 is 0. The van der Waals surface area contributed by atoms with Gasteiger partial charge in [-0.3, -0.25) is 14.5 Å². The van der Waals surface area contributed by atoms with Gasteiger partial charge in [-0.2, -0.15) is 5.10 Å². The van der Waals surface area contributed by atoms with Crippen LogP contribution in [0.3, 0.4) is 0 Å². The van der Waals surface area contributed by atoms with Crippen LogP contribution in [0.4, 0.5) is 5.69 Å². The lowest BCUT2D eigenvalue weighted by molar-refractivity contribution is 0.0958. The Hall–Kier alpha value is -3.33. The summed E-state index contributed by atoms with van der Waals surface area (Å²) in [5.74, 6) is -0.176. The van der Waals surface area contributed by atoms with Crippen LogP contribution in [-0.2, 0) is 13.0 Å². The maximum atomic E-state index is 12.1. The number of anilines is 1. The molecule has 31 heavy (non-hydrogen) atoms. The van der Waals surface area contributed by atoms with Crippen LogP contribution in [0.5, 0.6) is 0 Å².